The summed E-state index contributed by atoms with van der Waals surface area (Å²) < 4.78 is 0. The van der Waals surface area contributed by atoms with Gasteiger partial charge in [0.1, 0.15) is 5.15 Å². The molecule has 0 fully saturated rings. The second kappa shape index (κ2) is 2.99. The Hall–Kier alpha value is -1.28. The molecule has 2 heterocycles. The first-order chi connectivity index (χ1) is 5.86. The number of halogens is 1. The molecule has 2 nitrogen and oxygen atoms in total. The third-order valence-corrected chi connectivity index (χ3v) is 1.86. The molecule has 2 aromatic heterocycles. The average molecular weight is 179 g/mol. The van der Waals surface area contributed by atoms with Crippen LogP contribution in [0.2, 0.25) is 5.15 Å². The van der Waals surface area contributed by atoms with Gasteiger partial charge in [0.15, 0.2) is 0 Å². The lowest BCUT2D eigenvalue weighted by Crippen LogP contribution is -1.76. The zero-order valence-corrected chi connectivity index (χ0v) is 7.05. The first-order valence-corrected chi connectivity index (χ1v) is 3.99. The van der Waals surface area contributed by atoms with Crippen LogP contribution in [-0.2, 0) is 0 Å². The highest BCUT2D eigenvalue weighted by Crippen LogP contribution is 2.19. The van der Waals surface area contributed by atoms with Crippen molar-refractivity contribution < 1.29 is 0 Å². The summed E-state index contributed by atoms with van der Waals surface area (Å²) in [6.45, 7) is 0. The van der Waals surface area contributed by atoms with Crippen LogP contribution in [0.1, 0.15) is 0 Å². The predicted octanol–water partition coefficient (Wildman–Crippen LogP) is 2.73. The van der Waals surface area contributed by atoms with E-state index < -0.39 is 0 Å². The molecule has 0 atom stereocenters. The lowest BCUT2D eigenvalue weighted by atomic mass is 10.2. The molecule has 60 valence electrons. The van der Waals surface area contributed by atoms with E-state index in [0.29, 0.717) is 5.15 Å². The van der Waals surface area contributed by atoms with Gasteiger partial charge in [-0.2, -0.15) is 0 Å². The van der Waals surface area contributed by atoms with Crippen LogP contribution in [-0.4, -0.2) is 9.97 Å². The number of H-pyrrole nitrogens is 1. The molecule has 2 rings (SSSR count). The molecule has 3 heteroatoms. The summed E-state index contributed by atoms with van der Waals surface area (Å²) in [5, 5.41) is 0.654. The van der Waals surface area contributed by atoms with Crippen LogP contribution in [0.15, 0.2) is 36.7 Å². The number of aromatic nitrogens is 2. The number of rotatable bonds is 1. The average Bonchev–Trinajstić information content (AvgIpc) is 2.54. The van der Waals surface area contributed by atoms with E-state index in [-0.39, 0.29) is 0 Å². The van der Waals surface area contributed by atoms with Crippen LogP contribution in [0.5, 0.6) is 0 Å². The van der Waals surface area contributed by atoms with E-state index in [4.69, 9.17) is 11.6 Å². The van der Waals surface area contributed by atoms with Crippen LogP contribution >= 0.6 is 11.6 Å². The summed E-state index contributed by atoms with van der Waals surface area (Å²) in [6, 6.07) is 7.64. The molecule has 0 unspecified atom stereocenters. The number of nitrogens with zero attached hydrogens (tertiary/aromatic N) is 1. The molecule has 2 aromatic rings. The fourth-order valence-corrected chi connectivity index (χ4v) is 1.23. The van der Waals surface area contributed by atoms with Crippen LogP contribution in [0.3, 0.4) is 0 Å². The Labute approximate surface area is 75.2 Å². The Morgan fingerprint density at radius 3 is 2.42 bits per heavy atom. The van der Waals surface area contributed by atoms with E-state index in [0.717, 1.165) is 11.3 Å². The highest BCUT2D eigenvalue weighted by Gasteiger charge is 1.97. The molecule has 0 saturated heterocycles. The zero-order valence-electron chi connectivity index (χ0n) is 6.29. The Balaban J connectivity index is 2.45. The second-order valence-electron chi connectivity index (χ2n) is 2.46. The summed E-state index contributed by atoms with van der Waals surface area (Å²) >= 11 is 5.74. The molecule has 0 radical (unpaired) electrons. The van der Waals surface area contributed by atoms with Crippen molar-refractivity contribution in [1.29, 1.82) is 0 Å². The maximum absolute atomic E-state index is 5.74. The normalized spacial score (nSPS) is 10.1. The molecule has 1 N–H and O–H groups in total. The van der Waals surface area contributed by atoms with Gasteiger partial charge in [-0.05, 0) is 24.3 Å². The highest BCUT2D eigenvalue weighted by atomic mass is 35.5. The minimum Gasteiger partial charge on any atom is -0.346 e. The molecule has 0 aliphatic rings. The van der Waals surface area contributed by atoms with E-state index in [9.17, 15) is 0 Å². The number of nitrogens with one attached hydrogen (secondary N) is 1. The summed E-state index contributed by atoms with van der Waals surface area (Å²) in [5.41, 5.74) is 2.11. The lowest BCUT2D eigenvalue weighted by molar-refractivity contribution is 1.31. The number of hydrogen-bond acceptors (Lipinski definition) is 1. The molecular weight excluding hydrogens is 172 g/mol. The lowest BCUT2D eigenvalue weighted by Gasteiger charge is -1.94. The second-order valence-corrected chi connectivity index (χ2v) is 2.86. The topological polar surface area (TPSA) is 28.7 Å². The fourth-order valence-electron chi connectivity index (χ4n) is 1.07. The van der Waals surface area contributed by atoms with E-state index in [2.05, 4.69) is 9.97 Å². The van der Waals surface area contributed by atoms with Crippen LogP contribution in [0, 0.1) is 0 Å². The molecule has 0 spiro atoms. The van der Waals surface area contributed by atoms with Gasteiger partial charge in [-0.3, -0.25) is 4.98 Å². The van der Waals surface area contributed by atoms with Gasteiger partial charge in [0.2, 0.25) is 0 Å². The van der Waals surface area contributed by atoms with Crippen molar-refractivity contribution in [3.63, 3.8) is 0 Å². The molecule has 0 aliphatic heterocycles. The Bertz CT molecular complexity index is 367. The van der Waals surface area contributed by atoms with Crippen molar-refractivity contribution in [2.75, 3.05) is 0 Å². The zero-order chi connectivity index (χ0) is 8.39. The summed E-state index contributed by atoms with van der Waals surface area (Å²) in [5.74, 6) is 0. The maximum Gasteiger partial charge on any atom is 0.106 e. The highest BCUT2D eigenvalue weighted by molar-refractivity contribution is 6.29. The van der Waals surface area contributed by atoms with Crippen molar-refractivity contribution in [1.82, 2.24) is 9.97 Å². The largest absolute Gasteiger partial charge is 0.346 e. The van der Waals surface area contributed by atoms with Crippen LogP contribution < -0.4 is 0 Å². The monoisotopic (exact) mass is 178 g/mol. The maximum atomic E-state index is 5.74. The smallest absolute Gasteiger partial charge is 0.106 e. The summed E-state index contributed by atoms with van der Waals surface area (Å²) in [7, 11) is 0. The molecule has 0 bridgehead atoms. The Morgan fingerprint density at radius 1 is 1.08 bits per heavy atom. The van der Waals surface area contributed by atoms with Crippen LogP contribution in [0.25, 0.3) is 11.3 Å². The fraction of sp³-hybridized carbons (Fsp3) is 0. The Kier molecular flexibility index (Phi) is 1.84. The molecule has 12 heavy (non-hydrogen) atoms. The molecule has 0 saturated carbocycles. The summed E-state index contributed by atoms with van der Waals surface area (Å²) in [4.78, 5) is 6.96. The van der Waals surface area contributed by atoms with Gasteiger partial charge in [-0.15, -0.1) is 0 Å². The first-order valence-electron chi connectivity index (χ1n) is 3.61. The van der Waals surface area contributed by atoms with E-state index >= 15 is 0 Å². The van der Waals surface area contributed by atoms with Gasteiger partial charge >= 0.3 is 0 Å². The van der Waals surface area contributed by atoms with E-state index in [1.807, 2.05) is 24.3 Å². The van der Waals surface area contributed by atoms with Gasteiger partial charge in [-0.1, -0.05) is 11.6 Å². The van der Waals surface area contributed by atoms with Crippen molar-refractivity contribution in [2.45, 2.75) is 0 Å². The van der Waals surface area contributed by atoms with Gasteiger partial charge in [-0.25, -0.2) is 0 Å². The van der Waals surface area contributed by atoms with Crippen molar-refractivity contribution >= 4 is 11.6 Å². The third-order valence-electron chi connectivity index (χ3n) is 1.64. The number of hydrogen-bond donors (Lipinski definition) is 1. The van der Waals surface area contributed by atoms with E-state index in [1.165, 1.54) is 0 Å². The van der Waals surface area contributed by atoms with Gasteiger partial charge < -0.3 is 4.98 Å². The molecule has 0 aliphatic carbocycles. The minimum atomic E-state index is 0.654. The SMILES string of the molecule is Clc1ccc(-c2ccncc2)[nH]1. The third kappa shape index (κ3) is 1.34. The molecule has 0 amide bonds. The molecule has 0 aromatic carbocycles. The minimum absolute atomic E-state index is 0.654. The first kappa shape index (κ1) is 7.37. The molecular formula is C9H7ClN2. The number of aromatic amines is 1. The standard InChI is InChI=1S/C9H7ClN2/c10-9-2-1-8(12-9)7-3-5-11-6-4-7/h1-6,12H. The number of pyridine rings is 1. The van der Waals surface area contributed by atoms with Crippen molar-refractivity contribution in [3.8, 4) is 11.3 Å². The van der Waals surface area contributed by atoms with Crippen LogP contribution in [0.4, 0.5) is 0 Å². The van der Waals surface area contributed by atoms with E-state index in [1.54, 1.807) is 12.4 Å². The van der Waals surface area contributed by atoms with Gasteiger partial charge in [0, 0.05) is 23.7 Å². The summed E-state index contributed by atoms with van der Waals surface area (Å²) in [6.07, 6.45) is 3.51. The Morgan fingerprint density at radius 2 is 1.83 bits per heavy atom. The quantitative estimate of drug-likeness (QED) is 0.715. The van der Waals surface area contributed by atoms with Crippen molar-refractivity contribution in [2.24, 2.45) is 0 Å². The van der Waals surface area contributed by atoms with Gasteiger partial charge in [0.25, 0.3) is 0 Å². The van der Waals surface area contributed by atoms with Crippen molar-refractivity contribution in [3.05, 3.63) is 41.8 Å². The van der Waals surface area contributed by atoms with Gasteiger partial charge in [0.05, 0.1) is 0 Å². The predicted molar refractivity (Wildman–Crippen MR) is 49.0 cm³/mol.